The highest BCUT2D eigenvalue weighted by atomic mass is 16.5. The molecule has 0 saturated heterocycles. The predicted octanol–water partition coefficient (Wildman–Crippen LogP) is 3.29. The number of ether oxygens (including phenoxy) is 3. The van der Waals surface area contributed by atoms with Crippen LogP contribution in [0.15, 0.2) is 36.5 Å². The van der Waals surface area contributed by atoms with Gasteiger partial charge in [-0.25, -0.2) is 9.78 Å². The summed E-state index contributed by atoms with van der Waals surface area (Å²) in [5, 5.41) is 1.07. The topological polar surface area (TPSA) is 76.7 Å². The van der Waals surface area contributed by atoms with Crippen molar-refractivity contribution >= 4 is 17.1 Å². The zero-order valence-electron chi connectivity index (χ0n) is 15.5. The van der Waals surface area contributed by atoms with Crippen molar-refractivity contribution in [1.29, 1.82) is 0 Å². The normalized spacial score (nSPS) is 16.1. The number of hydrogen-bond acceptors (Lipinski definition) is 5. The van der Waals surface area contributed by atoms with Crippen molar-refractivity contribution in [3.8, 4) is 11.5 Å². The van der Waals surface area contributed by atoms with Crippen molar-refractivity contribution < 1.29 is 19.0 Å². The van der Waals surface area contributed by atoms with E-state index in [-0.39, 0.29) is 0 Å². The second kappa shape index (κ2) is 6.83. The minimum absolute atomic E-state index is 0.398. The number of nitrogens with one attached hydrogen (secondary N) is 1. The third-order valence-electron chi connectivity index (χ3n) is 5.05. The third-order valence-corrected chi connectivity index (χ3v) is 5.05. The van der Waals surface area contributed by atoms with Crippen LogP contribution in [0.5, 0.6) is 11.5 Å². The van der Waals surface area contributed by atoms with Gasteiger partial charge < -0.3 is 19.2 Å². The van der Waals surface area contributed by atoms with Crippen molar-refractivity contribution in [3.63, 3.8) is 0 Å². The van der Waals surface area contributed by atoms with Crippen molar-refractivity contribution in [2.45, 2.75) is 12.5 Å². The van der Waals surface area contributed by atoms with E-state index in [2.05, 4.69) is 9.97 Å². The molecule has 3 heterocycles. The van der Waals surface area contributed by atoms with Gasteiger partial charge in [0.05, 0.1) is 26.9 Å². The molecule has 0 saturated carbocycles. The second-order valence-corrected chi connectivity index (χ2v) is 6.31. The molecule has 1 amide bonds. The summed E-state index contributed by atoms with van der Waals surface area (Å²) < 4.78 is 16.3. The second-order valence-electron chi connectivity index (χ2n) is 6.31. The van der Waals surface area contributed by atoms with Crippen molar-refractivity contribution in [3.05, 3.63) is 53.3 Å². The van der Waals surface area contributed by atoms with Crippen LogP contribution >= 0.6 is 0 Å². The molecule has 3 aromatic rings. The zero-order chi connectivity index (χ0) is 19.0. The minimum atomic E-state index is -0.429. The highest BCUT2D eigenvalue weighted by molar-refractivity contribution is 5.83. The molecule has 1 atom stereocenters. The van der Waals surface area contributed by atoms with E-state index in [9.17, 15) is 4.79 Å². The summed E-state index contributed by atoms with van der Waals surface area (Å²) in [5.41, 5.74) is 3.63. The van der Waals surface area contributed by atoms with E-state index in [0.29, 0.717) is 24.5 Å². The number of rotatable bonds is 3. The van der Waals surface area contributed by atoms with Crippen LogP contribution in [0.2, 0.25) is 0 Å². The summed E-state index contributed by atoms with van der Waals surface area (Å²) in [6.07, 6.45) is 2.07. The molecule has 7 nitrogen and oxygen atoms in total. The van der Waals surface area contributed by atoms with Gasteiger partial charge in [-0.2, -0.15) is 0 Å². The van der Waals surface area contributed by atoms with E-state index < -0.39 is 12.1 Å². The summed E-state index contributed by atoms with van der Waals surface area (Å²) in [6.45, 7) is 0.521. The Kier molecular flexibility index (Phi) is 4.35. The molecule has 27 heavy (non-hydrogen) atoms. The van der Waals surface area contributed by atoms with Gasteiger partial charge in [-0.15, -0.1) is 0 Å². The first-order chi connectivity index (χ1) is 13.2. The van der Waals surface area contributed by atoms with Gasteiger partial charge in [-0.3, -0.25) is 4.90 Å². The number of aromatic nitrogens is 2. The largest absolute Gasteiger partial charge is 0.496 e. The highest BCUT2D eigenvalue weighted by Gasteiger charge is 2.38. The number of fused-ring (bicyclic) bond motifs is 3. The Balaban J connectivity index is 1.99. The predicted molar refractivity (Wildman–Crippen MR) is 100 cm³/mol. The number of amides is 1. The Labute approximate surface area is 156 Å². The quantitative estimate of drug-likeness (QED) is 0.769. The molecule has 1 aromatic carbocycles. The fourth-order valence-corrected chi connectivity index (χ4v) is 3.88. The average Bonchev–Trinajstić information content (AvgIpc) is 3.10. The summed E-state index contributed by atoms with van der Waals surface area (Å²) in [6, 6.07) is 9.12. The van der Waals surface area contributed by atoms with Crippen molar-refractivity contribution in [2.24, 2.45) is 0 Å². The molecule has 4 rings (SSSR count). The molecule has 0 bridgehead atoms. The van der Waals surface area contributed by atoms with Crippen LogP contribution in [0, 0.1) is 0 Å². The van der Waals surface area contributed by atoms with Crippen LogP contribution < -0.4 is 9.47 Å². The lowest BCUT2D eigenvalue weighted by atomic mass is 9.91. The number of nitrogens with zero attached hydrogens (tertiary/aromatic N) is 2. The number of carbonyl (C=O) groups excluding carboxylic acids is 1. The van der Waals surface area contributed by atoms with Crippen LogP contribution in [0.3, 0.4) is 0 Å². The van der Waals surface area contributed by atoms with Gasteiger partial charge in [-0.05, 0) is 36.2 Å². The smallest absolute Gasteiger partial charge is 0.410 e. The lowest BCUT2D eigenvalue weighted by Gasteiger charge is -2.36. The zero-order valence-corrected chi connectivity index (χ0v) is 15.5. The van der Waals surface area contributed by atoms with Crippen LogP contribution in [0.25, 0.3) is 11.0 Å². The molecule has 1 N–H and O–H groups in total. The SMILES string of the molecule is COC(=O)N1CCc2c([nH]c3ncccc23)C1c1c(OC)cccc1OC. The van der Waals surface area contributed by atoms with Crippen LogP contribution in [0.1, 0.15) is 22.9 Å². The van der Waals surface area contributed by atoms with Gasteiger partial charge in [0.2, 0.25) is 0 Å². The summed E-state index contributed by atoms with van der Waals surface area (Å²) >= 11 is 0. The first-order valence-corrected chi connectivity index (χ1v) is 8.70. The van der Waals surface area contributed by atoms with Gasteiger partial charge >= 0.3 is 6.09 Å². The van der Waals surface area contributed by atoms with Gasteiger partial charge in [0.15, 0.2) is 0 Å². The van der Waals surface area contributed by atoms with E-state index in [1.807, 2.05) is 30.3 Å². The van der Waals surface area contributed by atoms with Crippen LogP contribution in [-0.4, -0.2) is 48.8 Å². The molecule has 1 aliphatic heterocycles. The maximum atomic E-state index is 12.6. The van der Waals surface area contributed by atoms with Crippen molar-refractivity contribution in [1.82, 2.24) is 14.9 Å². The number of methoxy groups -OCH3 is 3. The molecule has 0 spiro atoms. The first-order valence-electron chi connectivity index (χ1n) is 8.70. The van der Waals surface area contributed by atoms with Crippen LogP contribution in [0.4, 0.5) is 4.79 Å². The number of hydrogen-bond donors (Lipinski definition) is 1. The molecule has 0 radical (unpaired) electrons. The fraction of sp³-hybridized carbons (Fsp3) is 0.300. The van der Waals surface area contributed by atoms with E-state index in [4.69, 9.17) is 14.2 Å². The van der Waals surface area contributed by atoms with Crippen molar-refractivity contribution in [2.75, 3.05) is 27.9 Å². The summed E-state index contributed by atoms with van der Waals surface area (Å²) in [5.74, 6) is 1.29. The molecule has 1 aliphatic rings. The number of benzene rings is 1. The average molecular weight is 367 g/mol. The van der Waals surface area contributed by atoms with Gasteiger partial charge in [0.25, 0.3) is 0 Å². The Morgan fingerprint density at radius 3 is 2.56 bits per heavy atom. The Morgan fingerprint density at radius 2 is 1.89 bits per heavy atom. The van der Waals surface area contributed by atoms with Gasteiger partial charge in [-0.1, -0.05) is 6.07 Å². The van der Waals surface area contributed by atoms with Gasteiger partial charge in [0, 0.05) is 23.8 Å². The number of aromatic amines is 1. The number of carbonyl (C=O) groups is 1. The molecule has 0 fully saturated rings. The summed E-state index contributed by atoms with van der Waals surface area (Å²) in [7, 11) is 4.61. The molecule has 140 valence electrons. The highest BCUT2D eigenvalue weighted by Crippen LogP contribution is 2.45. The first kappa shape index (κ1) is 17.2. The molecule has 7 heteroatoms. The molecular formula is C20H21N3O4. The van der Waals surface area contributed by atoms with E-state index in [0.717, 1.165) is 27.9 Å². The molecular weight excluding hydrogens is 346 g/mol. The van der Waals surface area contributed by atoms with E-state index in [1.54, 1.807) is 25.3 Å². The minimum Gasteiger partial charge on any atom is -0.496 e. The fourth-order valence-electron chi connectivity index (χ4n) is 3.88. The number of pyridine rings is 1. The Bertz CT molecular complexity index is 976. The maximum Gasteiger partial charge on any atom is 0.410 e. The Hall–Kier alpha value is -3.22. The summed E-state index contributed by atoms with van der Waals surface area (Å²) in [4.78, 5) is 22.1. The number of H-pyrrole nitrogens is 1. The van der Waals surface area contributed by atoms with E-state index >= 15 is 0 Å². The monoisotopic (exact) mass is 367 g/mol. The third kappa shape index (κ3) is 2.66. The van der Waals surface area contributed by atoms with Gasteiger partial charge in [0.1, 0.15) is 23.2 Å². The van der Waals surface area contributed by atoms with E-state index in [1.165, 1.54) is 7.11 Å². The molecule has 0 aliphatic carbocycles. The molecule has 2 aromatic heterocycles. The Morgan fingerprint density at radius 1 is 1.15 bits per heavy atom. The maximum absolute atomic E-state index is 12.6. The molecule has 1 unspecified atom stereocenters. The lowest BCUT2D eigenvalue weighted by Crippen LogP contribution is -2.40. The lowest BCUT2D eigenvalue weighted by molar-refractivity contribution is 0.107. The van der Waals surface area contributed by atoms with Crippen LogP contribution in [-0.2, 0) is 11.2 Å². The standard InChI is InChI=1S/C20H21N3O4/c1-25-14-7-4-8-15(26-2)16(14)18-17-12(9-11-23(18)20(24)27-3)13-6-5-10-21-19(13)22-17/h4-8,10,18H,9,11H2,1-3H3,(H,21,22).